The smallest absolute Gasteiger partial charge is 0.250 e. The van der Waals surface area contributed by atoms with Crippen molar-refractivity contribution in [1.29, 1.82) is 0 Å². The molecule has 0 saturated carbocycles. The lowest BCUT2D eigenvalue weighted by Gasteiger charge is -2.09. The van der Waals surface area contributed by atoms with Gasteiger partial charge in [-0.15, -0.1) is 0 Å². The third kappa shape index (κ3) is 3.03. The molecule has 0 atom stereocenters. The van der Waals surface area contributed by atoms with Crippen LogP contribution in [-0.2, 0) is 6.54 Å². The topological polar surface area (TPSA) is 22.0 Å². The number of benzene rings is 1. The molecule has 2 aromatic rings. The minimum Gasteiger partial charge on any atom is -0.310 e. The molecule has 0 aliphatic heterocycles. The number of aromatic nitrogens is 1. The lowest BCUT2D eigenvalue weighted by atomic mass is 10.2. The van der Waals surface area contributed by atoms with Crippen molar-refractivity contribution in [2.75, 3.05) is 0 Å². The first kappa shape index (κ1) is 12.9. The van der Waals surface area contributed by atoms with Crippen molar-refractivity contribution in [1.82, 2.24) is 4.57 Å². The molecule has 0 unspecified atom stereocenters. The Kier molecular flexibility index (Phi) is 4.12. The van der Waals surface area contributed by atoms with Gasteiger partial charge in [-0.3, -0.25) is 4.79 Å². The molecule has 2 nitrogen and oxygen atoms in total. The molecule has 1 heterocycles. The molecule has 0 amide bonds. The van der Waals surface area contributed by atoms with Gasteiger partial charge in [-0.05, 0) is 40.8 Å². The fourth-order valence-electron chi connectivity index (χ4n) is 1.48. The van der Waals surface area contributed by atoms with E-state index in [2.05, 4.69) is 22.6 Å². The predicted molar refractivity (Wildman–Crippen MR) is 79.0 cm³/mol. The molecule has 0 bridgehead atoms. The molecule has 0 radical (unpaired) electrons. The van der Waals surface area contributed by atoms with Crippen molar-refractivity contribution in [3.8, 4) is 0 Å². The zero-order chi connectivity index (χ0) is 12.4. The van der Waals surface area contributed by atoms with Crippen LogP contribution in [0.2, 0.25) is 10.0 Å². The quantitative estimate of drug-likeness (QED) is 0.727. The molecular formula is C12H8Cl2INO. The summed E-state index contributed by atoms with van der Waals surface area (Å²) in [7, 11) is 0. The maximum Gasteiger partial charge on any atom is 0.250 e. The van der Waals surface area contributed by atoms with Gasteiger partial charge >= 0.3 is 0 Å². The minimum atomic E-state index is -0.0681. The molecule has 17 heavy (non-hydrogen) atoms. The van der Waals surface area contributed by atoms with Crippen molar-refractivity contribution in [3.63, 3.8) is 0 Å². The van der Waals surface area contributed by atoms with Gasteiger partial charge in [-0.25, -0.2) is 0 Å². The third-order valence-electron chi connectivity index (χ3n) is 2.34. The molecular weight excluding hydrogens is 372 g/mol. The Morgan fingerprint density at radius 3 is 2.41 bits per heavy atom. The van der Waals surface area contributed by atoms with Gasteiger partial charge < -0.3 is 4.57 Å². The summed E-state index contributed by atoms with van der Waals surface area (Å²) in [6.45, 7) is 0.383. The second-order valence-electron chi connectivity index (χ2n) is 3.51. The van der Waals surface area contributed by atoms with Gasteiger partial charge in [0.15, 0.2) is 0 Å². The molecule has 0 fully saturated rings. The predicted octanol–water partition coefficient (Wildman–Crippen LogP) is 3.81. The van der Waals surface area contributed by atoms with Gasteiger partial charge in [0, 0.05) is 31.4 Å². The Bertz CT molecular complexity index is 589. The van der Waals surface area contributed by atoms with E-state index in [0.717, 1.165) is 9.13 Å². The number of hydrogen-bond acceptors (Lipinski definition) is 1. The Balaban J connectivity index is 2.45. The molecule has 2 rings (SSSR count). The van der Waals surface area contributed by atoms with Gasteiger partial charge in [0.05, 0.1) is 6.54 Å². The molecule has 0 spiro atoms. The number of nitrogens with zero attached hydrogens (tertiary/aromatic N) is 1. The second-order valence-corrected chi connectivity index (χ2v) is 5.57. The Morgan fingerprint density at radius 1 is 1.12 bits per heavy atom. The van der Waals surface area contributed by atoms with Crippen molar-refractivity contribution in [2.45, 2.75) is 6.54 Å². The highest BCUT2D eigenvalue weighted by Crippen LogP contribution is 2.24. The van der Waals surface area contributed by atoms with Crippen molar-refractivity contribution < 1.29 is 0 Å². The summed E-state index contributed by atoms with van der Waals surface area (Å²) in [5, 5.41) is 1.14. The number of halogens is 3. The van der Waals surface area contributed by atoms with Crippen LogP contribution in [0, 0.1) is 3.57 Å². The first-order valence-corrected chi connectivity index (χ1v) is 6.70. The lowest BCUT2D eigenvalue weighted by molar-refractivity contribution is 0.756. The molecule has 88 valence electrons. The van der Waals surface area contributed by atoms with E-state index in [4.69, 9.17) is 23.2 Å². The van der Waals surface area contributed by atoms with Crippen LogP contribution in [0.3, 0.4) is 0 Å². The fraction of sp³-hybridized carbons (Fsp3) is 0.0833. The van der Waals surface area contributed by atoms with Gasteiger partial charge in [0.2, 0.25) is 0 Å². The molecule has 0 aliphatic carbocycles. The van der Waals surface area contributed by atoms with E-state index in [1.165, 1.54) is 6.07 Å². The van der Waals surface area contributed by atoms with E-state index in [9.17, 15) is 4.79 Å². The highest BCUT2D eigenvalue weighted by Gasteiger charge is 2.07. The second kappa shape index (κ2) is 5.42. The zero-order valence-corrected chi connectivity index (χ0v) is 12.3. The summed E-state index contributed by atoms with van der Waals surface area (Å²) in [5.74, 6) is 0. The van der Waals surface area contributed by atoms with Crippen LogP contribution in [0.1, 0.15) is 5.56 Å². The number of rotatable bonds is 2. The van der Waals surface area contributed by atoms with E-state index in [1.807, 2.05) is 0 Å². The third-order valence-corrected chi connectivity index (χ3v) is 3.68. The summed E-state index contributed by atoms with van der Waals surface area (Å²) in [4.78, 5) is 11.7. The van der Waals surface area contributed by atoms with Crippen LogP contribution in [0.4, 0.5) is 0 Å². The summed E-state index contributed by atoms with van der Waals surface area (Å²) < 4.78 is 2.58. The van der Waals surface area contributed by atoms with Gasteiger partial charge in [0.1, 0.15) is 0 Å². The molecule has 5 heteroatoms. The summed E-state index contributed by atoms with van der Waals surface area (Å²) in [5.41, 5.74) is 0.696. The van der Waals surface area contributed by atoms with Crippen LogP contribution < -0.4 is 5.56 Å². The average molecular weight is 380 g/mol. The van der Waals surface area contributed by atoms with E-state index in [0.29, 0.717) is 16.6 Å². The highest BCUT2D eigenvalue weighted by molar-refractivity contribution is 14.1. The van der Waals surface area contributed by atoms with Gasteiger partial charge in [0.25, 0.3) is 5.56 Å². The first-order chi connectivity index (χ1) is 8.08. The summed E-state index contributed by atoms with van der Waals surface area (Å²) in [6, 6.07) is 8.62. The zero-order valence-electron chi connectivity index (χ0n) is 8.66. The number of hydrogen-bond donors (Lipinski definition) is 0. The van der Waals surface area contributed by atoms with Crippen LogP contribution in [-0.4, -0.2) is 4.57 Å². The first-order valence-electron chi connectivity index (χ1n) is 4.87. The Labute approximate surface area is 122 Å². The van der Waals surface area contributed by atoms with Crippen molar-refractivity contribution in [3.05, 3.63) is 66.1 Å². The molecule has 1 aromatic heterocycles. The molecule has 0 aliphatic rings. The number of pyridine rings is 1. The van der Waals surface area contributed by atoms with E-state index < -0.39 is 0 Å². The standard InChI is InChI=1S/C12H8Cl2INO/c13-10-2-1-3-11(14)9(10)7-16-6-8(15)4-5-12(16)17/h1-6H,7H2. The van der Waals surface area contributed by atoms with Gasteiger partial charge in [-0.1, -0.05) is 29.3 Å². The SMILES string of the molecule is O=c1ccc(I)cn1Cc1c(Cl)cccc1Cl. The Morgan fingerprint density at radius 2 is 1.76 bits per heavy atom. The lowest BCUT2D eigenvalue weighted by Crippen LogP contribution is -2.19. The van der Waals surface area contributed by atoms with Crippen LogP contribution >= 0.6 is 45.8 Å². The highest BCUT2D eigenvalue weighted by atomic mass is 127. The summed E-state index contributed by atoms with van der Waals surface area (Å²) >= 11 is 14.3. The molecule has 0 N–H and O–H groups in total. The van der Waals surface area contributed by atoms with Crippen LogP contribution in [0.25, 0.3) is 0 Å². The molecule has 0 saturated heterocycles. The minimum absolute atomic E-state index is 0.0681. The maximum absolute atomic E-state index is 11.7. The fourth-order valence-corrected chi connectivity index (χ4v) is 2.51. The van der Waals surface area contributed by atoms with Gasteiger partial charge in [-0.2, -0.15) is 0 Å². The maximum atomic E-state index is 11.7. The summed E-state index contributed by atoms with van der Waals surface area (Å²) in [6.07, 6.45) is 1.78. The normalized spacial score (nSPS) is 10.5. The van der Waals surface area contributed by atoms with Crippen molar-refractivity contribution >= 4 is 45.8 Å². The van der Waals surface area contributed by atoms with E-state index in [1.54, 1.807) is 35.0 Å². The molecule has 1 aromatic carbocycles. The van der Waals surface area contributed by atoms with E-state index >= 15 is 0 Å². The van der Waals surface area contributed by atoms with Crippen molar-refractivity contribution in [2.24, 2.45) is 0 Å². The van der Waals surface area contributed by atoms with Crippen LogP contribution in [0.15, 0.2) is 41.3 Å². The average Bonchev–Trinajstić information content (AvgIpc) is 2.28. The van der Waals surface area contributed by atoms with E-state index in [-0.39, 0.29) is 5.56 Å². The van der Waals surface area contributed by atoms with Crippen LogP contribution in [0.5, 0.6) is 0 Å². The Hall–Kier alpha value is -0.520. The largest absolute Gasteiger partial charge is 0.310 e. The monoisotopic (exact) mass is 379 g/mol.